The number of halogens is 1. The lowest BCUT2D eigenvalue weighted by atomic mass is 10.0. The van der Waals surface area contributed by atoms with E-state index < -0.39 is 7.68 Å². The van der Waals surface area contributed by atoms with Crippen LogP contribution in [0, 0.1) is 0 Å². The summed E-state index contributed by atoms with van der Waals surface area (Å²) >= 11 is 1.91. The van der Waals surface area contributed by atoms with E-state index in [9.17, 15) is 23.1 Å². The second kappa shape index (κ2) is 19.7. The fourth-order valence-electron chi connectivity index (χ4n) is 5.06. The van der Waals surface area contributed by atoms with Crippen LogP contribution in [0.2, 0.25) is 0 Å². The standard InChI is InChI=1S/C27H50FN4O5PS/c1-2-37-38(28,36)20-14-7-5-3-4-6-9-16-24(33)29-18-12-8-13-19-30-25(34)17-11-10-15-23-26-22(21-39-23)31-27(35)32-26/h22-23,26H,2-21H2,1H3,(H,29,33)(H,30,34)(H2,31,32,35)/t22-,23-,26+,38-/m1/s1. The molecule has 4 atom stereocenters. The third-order valence-electron chi connectivity index (χ3n) is 7.23. The number of carbonyl (C=O) groups is 3. The van der Waals surface area contributed by atoms with Crippen molar-refractivity contribution in [1.82, 2.24) is 21.3 Å². The van der Waals surface area contributed by atoms with Crippen LogP contribution in [-0.4, -0.2) is 66.8 Å². The number of amides is 4. The van der Waals surface area contributed by atoms with Gasteiger partial charge in [-0.2, -0.15) is 16.0 Å². The summed E-state index contributed by atoms with van der Waals surface area (Å²) in [5, 5.41) is 12.4. The van der Waals surface area contributed by atoms with Gasteiger partial charge in [-0.05, 0) is 51.9 Å². The molecule has 9 nitrogen and oxygen atoms in total. The Morgan fingerprint density at radius 3 is 2.10 bits per heavy atom. The summed E-state index contributed by atoms with van der Waals surface area (Å²) in [5.74, 6) is 1.16. The number of rotatable bonds is 23. The van der Waals surface area contributed by atoms with Crippen molar-refractivity contribution in [3.63, 3.8) is 0 Å². The summed E-state index contributed by atoms with van der Waals surface area (Å²) in [5.41, 5.74) is 0. The Morgan fingerprint density at radius 2 is 1.46 bits per heavy atom. The molecule has 0 aromatic heterocycles. The Morgan fingerprint density at radius 1 is 0.897 bits per heavy atom. The third-order valence-corrected chi connectivity index (χ3v) is 10.2. The van der Waals surface area contributed by atoms with Crippen LogP contribution in [0.3, 0.4) is 0 Å². The summed E-state index contributed by atoms with van der Waals surface area (Å²) in [4.78, 5) is 35.4. The van der Waals surface area contributed by atoms with Crippen molar-refractivity contribution < 1.29 is 27.7 Å². The van der Waals surface area contributed by atoms with Gasteiger partial charge in [0.05, 0.1) is 24.9 Å². The minimum atomic E-state index is -3.87. The number of nitrogens with one attached hydrogen (secondary N) is 4. The van der Waals surface area contributed by atoms with Crippen molar-refractivity contribution in [2.75, 3.05) is 31.6 Å². The lowest BCUT2D eigenvalue weighted by molar-refractivity contribution is -0.121. The predicted molar refractivity (Wildman–Crippen MR) is 156 cm³/mol. The highest BCUT2D eigenvalue weighted by molar-refractivity contribution is 8.00. The first-order valence-corrected chi connectivity index (χ1v) is 17.7. The van der Waals surface area contributed by atoms with E-state index in [-0.39, 0.29) is 42.7 Å². The van der Waals surface area contributed by atoms with Crippen LogP contribution in [0.1, 0.15) is 103 Å². The molecule has 12 heteroatoms. The fourth-order valence-corrected chi connectivity index (χ4v) is 7.72. The summed E-state index contributed by atoms with van der Waals surface area (Å²) in [6.07, 6.45) is 13.2. The molecule has 2 aliphatic rings. The molecule has 4 N–H and O–H groups in total. The van der Waals surface area contributed by atoms with Crippen LogP contribution in [-0.2, 0) is 18.7 Å². The molecule has 2 saturated heterocycles. The van der Waals surface area contributed by atoms with E-state index >= 15 is 0 Å². The van der Waals surface area contributed by atoms with Crippen molar-refractivity contribution in [3.8, 4) is 0 Å². The maximum absolute atomic E-state index is 13.4. The molecule has 2 aliphatic heterocycles. The average molecular weight is 593 g/mol. The first-order valence-electron chi connectivity index (χ1n) is 15.0. The highest BCUT2D eigenvalue weighted by Gasteiger charge is 2.42. The molecule has 0 radical (unpaired) electrons. The van der Waals surface area contributed by atoms with Gasteiger partial charge in [-0.15, -0.1) is 0 Å². The predicted octanol–water partition coefficient (Wildman–Crippen LogP) is 5.43. The van der Waals surface area contributed by atoms with E-state index in [0.717, 1.165) is 82.8 Å². The largest absolute Gasteiger partial charge is 0.367 e. The van der Waals surface area contributed by atoms with Crippen molar-refractivity contribution >= 4 is 37.3 Å². The van der Waals surface area contributed by atoms with Gasteiger partial charge >= 0.3 is 13.7 Å². The Hall–Kier alpha value is -1.32. The van der Waals surface area contributed by atoms with Gasteiger partial charge in [-0.25, -0.2) is 4.79 Å². The SMILES string of the molecule is CCO[P@@](=O)(F)CCCCCCCCCC(=O)NCCCCCNC(=O)CCCC[C@H]1SC[C@H]2NC(=O)N[C@@H]21. The first-order chi connectivity index (χ1) is 18.8. The van der Waals surface area contributed by atoms with E-state index in [1.54, 1.807) is 6.92 Å². The third kappa shape index (κ3) is 15.3. The Kier molecular flexibility index (Phi) is 17.1. The monoisotopic (exact) mass is 592 g/mol. The van der Waals surface area contributed by atoms with Gasteiger partial charge in [-0.1, -0.05) is 38.5 Å². The maximum Gasteiger partial charge on any atom is 0.367 e. The van der Waals surface area contributed by atoms with Gasteiger partial charge in [0.2, 0.25) is 11.8 Å². The second-order valence-corrected chi connectivity index (χ2v) is 13.7. The van der Waals surface area contributed by atoms with E-state index in [1.165, 1.54) is 0 Å². The number of fused-ring (bicyclic) bond motifs is 1. The Labute approximate surface area is 238 Å². The van der Waals surface area contributed by atoms with Gasteiger partial charge in [0.25, 0.3) is 0 Å². The molecule has 0 aromatic rings. The van der Waals surface area contributed by atoms with Gasteiger partial charge < -0.3 is 25.8 Å². The summed E-state index contributed by atoms with van der Waals surface area (Å²) < 4.78 is 29.4. The molecule has 39 heavy (non-hydrogen) atoms. The second-order valence-electron chi connectivity index (χ2n) is 10.6. The van der Waals surface area contributed by atoms with Crippen LogP contribution < -0.4 is 21.3 Å². The highest BCUT2D eigenvalue weighted by Crippen LogP contribution is 2.49. The molecule has 0 unspecified atom stereocenters. The molecule has 0 saturated carbocycles. The van der Waals surface area contributed by atoms with Crippen molar-refractivity contribution in [2.45, 2.75) is 121 Å². The normalized spacial score (nSPS) is 21.6. The maximum atomic E-state index is 13.4. The summed E-state index contributed by atoms with van der Waals surface area (Å²) in [6.45, 7) is 3.13. The minimum absolute atomic E-state index is 0.0129. The zero-order valence-corrected chi connectivity index (χ0v) is 25.4. The zero-order valence-electron chi connectivity index (χ0n) is 23.6. The minimum Gasteiger partial charge on any atom is -0.356 e. The Bertz CT molecular complexity index is 793. The molecule has 0 bridgehead atoms. The van der Waals surface area contributed by atoms with Crippen molar-refractivity contribution in [3.05, 3.63) is 0 Å². The number of urea groups is 1. The van der Waals surface area contributed by atoms with Gasteiger partial charge in [0.15, 0.2) is 0 Å². The number of hydrogen-bond donors (Lipinski definition) is 4. The summed E-state index contributed by atoms with van der Waals surface area (Å²) in [6, 6.07) is 0.427. The fraction of sp³-hybridized carbons (Fsp3) is 0.889. The average Bonchev–Trinajstić information content (AvgIpc) is 3.44. The molecule has 4 amide bonds. The van der Waals surface area contributed by atoms with E-state index in [1.807, 2.05) is 11.8 Å². The molecule has 0 aromatic carbocycles. The molecule has 2 rings (SSSR count). The molecule has 2 fully saturated rings. The van der Waals surface area contributed by atoms with Gasteiger partial charge in [-0.3, -0.25) is 14.2 Å². The molecule has 2 heterocycles. The number of unbranched alkanes of at least 4 members (excludes halogenated alkanes) is 9. The van der Waals surface area contributed by atoms with Crippen LogP contribution in [0.4, 0.5) is 8.99 Å². The quantitative estimate of drug-likeness (QED) is 0.0712. The zero-order chi connectivity index (χ0) is 28.3. The van der Waals surface area contributed by atoms with E-state index in [0.29, 0.717) is 37.6 Å². The topological polar surface area (TPSA) is 126 Å². The van der Waals surface area contributed by atoms with Gasteiger partial charge in [0.1, 0.15) is 0 Å². The molecule has 0 spiro atoms. The van der Waals surface area contributed by atoms with Crippen molar-refractivity contribution in [1.29, 1.82) is 0 Å². The molecule has 226 valence electrons. The van der Waals surface area contributed by atoms with E-state index in [2.05, 4.69) is 25.8 Å². The van der Waals surface area contributed by atoms with Crippen molar-refractivity contribution in [2.24, 2.45) is 0 Å². The number of hydrogen-bond acceptors (Lipinski definition) is 6. The van der Waals surface area contributed by atoms with Crippen LogP contribution in [0.15, 0.2) is 0 Å². The van der Waals surface area contributed by atoms with E-state index in [4.69, 9.17) is 0 Å². The smallest absolute Gasteiger partial charge is 0.356 e. The summed E-state index contributed by atoms with van der Waals surface area (Å²) in [7, 11) is -3.87. The lowest BCUT2D eigenvalue weighted by Crippen LogP contribution is -2.36. The molecule has 0 aliphatic carbocycles. The number of carbonyl (C=O) groups excluding carboxylic acids is 3. The first kappa shape index (κ1) is 33.9. The van der Waals surface area contributed by atoms with Crippen LogP contribution >= 0.6 is 19.4 Å². The Balaban J connectivity index is 1.30. The van der Waals surface area contributed by atoms with Crippen LogP contribution in [0.25, 0.3) is 0 Å². The number of thioether (sulfide) groups is 1. The van der Waals surface area contributed by atoms with Gasteiger partial charge in [0, 0.05) is 36.9 Å². The lowest BCUT2D eigenvalue weighted by Gasteiger charge is -2.16. The molecular formula is C27H50FN4O5PS. The highest BCUT2D eigenvalue weighted by atomic mass is 32.2. The molecular weight excluding hydrogens is 542 g/mol. The van der Waals surface area contributed by atoms with Crippen LogP contribution in [0.5, 0.6) is 0 Å².